The molecule has 0 bridgehead atoms. The van der Waals surface area contributed by atoms with Gasteiger partial charge in [-0.05, 0) is 37.1 Å². The van der Waals surface area contributed by atoms with Crippen molar-refractivity contribution >= 4 is 5.91 Å². The molecule has 2 unspecified atom stereocenters. The van der Waals surface area contributed by atoms with Crippen LogP contribution in [0.25, 0.3) is 11.3 Å². The van der Waals surface area contributed by atoms with Crippen LogP contribution in [0.15, 0.2) is 30.5 Å². The molecule has 0 saturated heterocycles. The van der Waals surface area contributed by atoms with Crippen LogP contribution >= 0.6 is 0 Å². The molecular weight excluding hydrogens is 294 g/mol. The zero-order valence-electron chi connectivity index (χ0n) is 13.1. The summed E-state index contributed by atoms with van der Waals surface area (Å²) < 4.78 is 5.14. The Morgan fingerprint density at radius 2 is 2.04 bits per heavy atom. The summed E-state index contributed by atoms with van der Waals surface area (Å²) in [7, 11) is 1.61. The van der Waals surface area contributed by atoms with Crippen LogP contribution in [0.1, 0.15) is 36.0 Å². The lowest BCUT2D eigenvalue weighted by molar-refractivity contribution is 0.0718. The molecule has 1 amide bonds. The zero-order valence-corrected chi connectivity index (χ0v) is 13.1. The molecule has 0 spiro atoms. The molecule has 23 heavy (non-hydrogen) atoms. The number of hydrogen-bond donors (Lipinski definition) is 3. The summed E-state index contributed by atoms with van der Waals surface area (Å²) in [5.41, 5.74) is 2.00. The molecule has 1 aliphatic rings. The SMILES string of the molecule is COc1ccc(-c2[nH]ncc2C(=O)NC2CCCCC2O)cc1. The summed E-state index contributed by atoms with van der Waals surface area (Å²) in [5.74, 6) is 0.542. The topological polar surface area (TPSA) is 87.2 Å². The number of aliphatic hydroxyl groups excluding tert-OH is 1. The van der Waals surface area contributed by atoms with Gasteiger partial charge in [0.15, 0.2) is 0 Å². The lowest BCUT2D eigenvalue weighted by atomic mass is 9.92. The number of hydrogen-bond acceptors (Lipinski definition) is 4. The largest absolute Gasteiger partial charge is 0.497 e. The van der Waals surface area contributed by atoms with E-state index in [1.807, 2.05) is 24.3 Å². The smallest absolute Gasteiger partial charge is 0.255 e. The number of nitrogens with zero attached hydrogens (tertiary/aromatic N) is 1. The molecule has 0 aliphatic heterocycles. The first-order chi connectivity index (χ1) is 11.2. The Morgan fingerprint density at radius 3 is 2.74 bits per heavy atom. The highest BCUT2D eigenvalue weighted by Gasteiger charge is 2.26. The molecule has 2 atom stereocenters. The third kappa shape index (κ3) is 3.37. The fourth-order valence-corrected chi connectivity index (χ4v) is 2.96. The number of methoxy groups -OCH3 is 1. The molecule has 3 N–H and O–H groups in total. The highest BCUT2D eigenvalue weighted by atomic mass is 16.5. The van der Waals surface area contributed by atoms with Gasteiger partial charge in [-0.2, -0.15) is 5.10 Å². The summed E-state index contributed by atoms with van der Waals surface area (Å²) in [5, 5.41) is 19.8. The summed E-state index contributed by atoms with van der Waals surface area (Å²) in [6.45, 7) is 0. The summed E-state index contributed by atoms with van der Waals surface area (Å²) in [4.78, 5) is 12.5. The number of rotatable bonds is 4. The first kappa shape index (κ1) is 15.6. The van der Waals surface area contributed by atoms with Crippen LogP contribution in [0.2, 0.25) is 0 Å². The molecule has 1 aromatic heterocycles. The molecule has 122 valence electrons. The van der Waals surface area contributed by atoms with Crippen LogP contribution in [0, 0.1) is 0 Å². The fraction of sp³-hybridized carbons (Fsp3) is 0.412. The van der Waals surface area contributed by atoms with E-state index in [0.717, 1.165) is 37.0 Å². The molecule has 1 aromatic carbocycles. The maximum Gasteiger partial charge on any atom is 0.255 e. The Bertz CT molecular complexity index is 666. The first-order valence-electron chi connectivity index (χ1n) is 7.86. The highest BCUT2D eigenvalue weighted by Crippen LogP contribution is 2.24. The lowest BCUT2D eigenvalue weighted by Crippen LogP contribution is -2.45. The average molecular weight is 315 g/mol. The molecule has 6 nitrogen and oxygen atoms in total. The minimum atomic E-state index is -0.468. The summed E-state index contributed by atoms with van der Waals surface area (Å²) in [6.07, 6.45) is 4.63. The second kappa shape index (κ2) is 6.83. The van der Waals surface area contributed by atoms with Crippen molar-refractivity contribution in [2.75, 3.05) is 7.11 Å². The van der Waals surface area contributed by atoms with E-state index < -0.39 is 6.10 Å². The predicted molar refractivity (Wildman–Crippen MR) is 86.3 cm³/mol. The minimum absolute atomic E-state index is 0.185. The number of carbonyl (C=O) groups is 1. The van der Waals surface area contributed by atoms with Crippen molar-refractivity contribution < 1.29 is 14.6 Å². The standard InChI is InChI=1S/C17H21N3O3/c1-23-12-8-6-11(7-9-12)16-13(10-18-20-16)17(22)19-14-4-2-3-5-15(14)21/h6-10,14-15,21H,2-5H2,1H3,(H,18,20)(H,19,22). The fourth-order valence-electron chi connectivity index (χ4n) is 2.96. The van der Waals surface area contributed by atoms with E-state index in [4.69, 9.17) is 4.74 Å². The van der Waals surface area contributed by atoms with Crippen LogP contribution in [-0.2, 0) is 0 Å². The lowest BCUT2D eigenvalue weighted by Gasteiger charge is -2.28. The average Bonchev–Trinajstić information content (AvgIpc) is 3.07. The maximum atomic E-state index is 12.5. The third-order valence-corrected chi connectivity index (χ3v) is 4.31. The molecule has 0 radical (unpaired) electrons. The Labute approximate surface area is 134 Å². The zero-order chi connectivity index (χ0) is 16.2. The number of benzene rings is 1. The number of H-pyrrole nitrogens is 1. The van der Waals surface area contributed by atoms with Gasteiger partial charge in [0.2, 0.25) is 0 Å². The molecule has 1 heterocycles. The normalized spacial score (nSPS) is 21.0. The van der Waals surface area contributed by atoms with E-state index in [1.54, 1.807) is 7.11 Å². The van der Waals surface area contributed by atoms with Crippen LogP contribution < -0.4 is 10.1 Å². The third-order valence-electron chi connectivity index (χ3n) is 4.31. The van der Waals surface area contributed by atoms with Gasteiger partial charge in [-0.25, -0.2) is 0 Å². The van der Waals surface area contributed by atoms with Gasteiger partial charge in [0.05, 0.1) is 36.7 Å². The van der Waals surface area contributed by atoms with Gasteiger partial charge >= 0.3 is 0 Å². The Balaban J connectivity index is 1.78. The Hall–Kier alpha value is -2.34. The van der Waals surface area contributed by atoms with Gasteiger partial charge < -0.3 is 15.2 Å². The maximum absolute atomic E-state index is 12.5. The van der Waals surface area contributed by atoms with E-state index in [9.17, 15) is 9.90 Å². The van der Waals surface area contributed by atoms with Gasteiger partial charge in [0.25, 0.3) is 5.91 Å². The monoisotopic (exact) mass is 315 g/mol. The van der Waals surface area contributed by atoms with Gasteiger partial charge in [-0.1, -0.05) is 12.8 Å². The molecule has 3 rings (SSSR count). The Morgan fingerprint density at radius 1 is 1.30 bits per heavy atom. The molecular formula is C17H21N3O3. The molecule has 1 fully saturated rings. The second-order valence-corrected chi connectivity index (χ2v) is 5.82. The van der Waals surface area contributed by atoms with Crippen molar-refractivity contribution in [2.45, 2.75) is 37.8 Å². The number of nitrogens with one attached hydrogen (secondary N) is 2. The van der Waals surface area contributed by atoms with Gasteiger partial charge in [-0.15, -0.1) is 0 Å². The van der Waals surface area contributed by atoms with Gasteiger partial charge in [0.1, 0.15) is 5.75 Å². The van der Waals surface area contributed by atoms with Gasteiger partial charge in [-0.3, -0.25) is 9.89 Å². The molecule has 1 aliphatic carbocycles. The summed E-state index contributed by atoms with van der Waals surface area (Å²) >= 11 is 0. The van der Waals surface area contributed by atoms with E-state index in [2.05, 4.69) is 15.5 Å². The van der Waals surface area contributed by atoms with Crippen molar-refractivity contribution in [2.24, 2.45) is 0 Å². The van der Waals surface area contributed by atoms with E-state index >= 15 is 0 Å². The molecule has 1 saturated carbocycles. The van der Waals surface area contributed by atoms with E-state index in [0.29, 0.717) is 11.3 Å². The van der Waals surface area contributed by atoms with Crippen LogP contribution in [-0.4, -0.2) is 40.5 Å². The van der Waals surface area contributed by atoms with Crippen molar-refractivity contribution in [1.29, 1.82) is 0 Å². The van der Waals surface area contributed by atoms with Gasteiger partial charge in [0, 0.05) is 5.56 Å². The highest BCUT2D eigenvalue weighted by molar-refractivity contribution is 5.99. The number of aromatic nitrogens is 2. The first-order valence-corrected chi connectivity index (χ1v) is 7.86. The predicted octanol–water partition coefficient (Wildman–Crippen LogP) is 2.12. The van der Waals surface area contributed by atoms with E-state index in [1.165, 1.54) is 6.20 Å². The van der Waals surface area contributed by atoms with Crippen molar-refractivity contribution in [1.82, 2.24) is 15.5 Å². The minimum Gasteiger partial charge on any atom is -0.497 e. The number of carbonyl (C=O) groups excluding carboxylic acids is 1. The number of aliphatic hydroxyl groups is 1. The van der Waals surface area contributed by atoms with E-state index in [-0.39, 0.29) is 11.9 Å². The van der Waals surface area contributed by atoms with Crippen LogP contribution in [0.5, 0.6) is 5.75 Å². The molecule has 2 aromatic rings. The van der Waals surface area contributed by atoms with Crippen LogP contribution in [0.4, 0.5) is 0 Å². The number of ether oxygens (including phenoxy) is 1. The van der Waals surface area contributed by atoms with Crippen LogP contribution in [0.3, 0.4) is 0 Å². The second-order valence-electron chi connectivity index (χ2n) is 5.82. The summed E-state index contributed by atoms with van der Waals surface area (Å²) in [6, 6.07) is 7.23. The number of amides is 1. The molecule has 6 heteroatoms. The van der Waals surface area contributed by atoms with Crippen molar-refractivity contribution in [3.05, 3.63) is 36.0 Å². The van der Waals surface area contributed by atoms with Crippen molar-refractivity contribution in [3.8, 4) is 17.0 Å². The Kier molecular flexibility index (Phi) is 4.62. The van der Waals surface area contributed by atoms with Crippen molar-refractivity contribution in [3.63, 3.8) is 0 Å². The quantitative estimate of drug-likeness (QED) is 0.806. The number of aromatic amines is 1.